The first-order chi connectivity index (χ1) is 7.27. The Morgan fingerprint density at radius 3 is 2.93 bits per heavy atom. The highest BCUT2D eigenvalue weighted by atomic mass is 79.9. The van der Waals surface area contributed by atoms with Crippen molar-refractivity contribution >= 4 is 26.8 Å². The number of rotatable bonds is 3. The zero-order valence-corrected chi connectivity index (χ0v) is 10.1. The molecule has 3 nitrogen and oxygen atoms in total. The maximum Gasteiger partial charge on any atom is 0.108 e. The maximum absolute atomic E-state index is 5.12. The van der Waals surface area contributed by atoms with Gasteiger partial charge in [0.25, 0.3) is 0 Å². The Kier molecular flexibility index (Phi) is 3.09. The van der Waals surface area contributed by atoms with E-state index in [1.807, 2.05) is 12.1 Å². The Hall–Kier alpha value is -0.840. The molecule has 1 aromatic heterocycles. The van der Waals surface area contributed by atoms with Gasteiger partial charge in [-0.1, -0.05) is 22.0 Å². The van der Waals surface area contributed by atoms with E-state index in [2.05, 4.69) is 39.6 Å². The van der Waals surface area contributed by atoms with Crippen LogP contribution in [0.3, 0.4) is 0 Å². The monoisotopic (exact) mass is 268 g/mol. The maximum atomic E-state index is 5.12. The summed E-state index contributed by atoms with van der Waals surface area (Å²) in [7, 11) is 0. The molecule has 1 aromatic carbocycles. The van der Waals surface area contributed by atoms with Crippen LogP contribution in [0.2, 0.25) is 0 Å². The highest BCUT2D eigenvalue weighted by Gasteiger charge is 2.08. The number of nitrogens with zero attached hydrogens (tertiary/aromatic N) is 1. The number of aryl methyl sites for hydroxylation is 1. The minimum atomic E-state index is 0.439. The molecule has 2 aromatic rings. The Morgan fingerprint density at radius 2 is 2.27 bits per heavy atom. The number of fused-ring (bicyclic) bond motifs is 1. The smallest absolute Gasteiger partial charge is 0.108 e. The fourth-order valence-electron chi connectivity index (χ4n) is 1.88. The van der Waals surface area contributed by atoms with Crippen LogP contribution in [0, 0.1) is 0 Å². The van der Waals surface area contributed by atoms with E-state index < -0.39 is 0 Å². The second kappa shape index (κ2) is 4.35. The lowest BCUT2D eigenvalue weighted by atomic mass is 10.2. The van der Waals surface area contributed by atoms with E-state index >= 15 is 0 Å². The number of benzene rings is 1. The molecule has 0 aliphatic rings. The molecule has 0 amide bonds. The molecular weight excluding hydrogens is 256 g/mol. The minimum Gasteiger partial charge on any atom is -0.343 e. The molecule has 0 aliphatic carbocycles. The summed E-state index contributed by atoms with van der Waals surface area (Å²) in [6.07, 6.45) is 0. The molecule has 0 fully saturated rings. The van der Waals surface area contributed by atoms with Gasteiger partial charge in [-0.3, -0.25) is 4.84 Å². The van der Waals surface area contributed by atoms with E-state index in [4.69, 9.17) is 10.7 Å². The number of hydrogen-bond donors (Lipinski definition) is 1. The van der Waals surface area contributed by atoms with Crippen molar-refractivity contribution in [1.29, 1.82) is 0 Å². The van der Waals surface area contributed by atoms with Crippen LogP contribution in [-0.4, -0.2) is 4.57 Å². The Labute approximate surface area is 96.9 Å². The molecule has 1 heterocycles. The predicted molar refractivity (Wildman–Crippen MR) is 64.3 cm³/mol. The van der Waals surface area contributed by atoms with Crippen LogP contribution in [0.5, 0.6) is 0 Å². The molecule has 0 spiro atoms. The topological polar surface area (TPSA) is 40.2 Å². The van der Waals surface area contributed by atoms with Gasteiger partial charge in [0, 0.05) is 27.6 Å². The lowest BCUT2D eigenvalue weighted by Crippen LogP contribution is -2.05. The molecule has 0 saturated carbocycles. The van der Waals surface area contributed by atoms with Crippen LogP contribution in [0.15, 0.2) is 28.7 Å². The van der Waals surface area contributed by atoms with Gasteiger partial charge in [-0.25, -0.2) is 5.90 Å². The van der Waals surface area contributed by atoms with Crippen molar-refractivity contribution < 1.29 is 4.84 Å². The molecule has 2 N–H and O–H groups in total. The van der Waals surface area contributed by atoms with Crippen molar-refractivity contribution in [3.63, 3.8) is 0 Å². The molecule has 0 unspecified atom stereocenters. The van der Waals surface area contributed by atoms with Crippen molar-refractivity contribution in [2.24, 2.45) is 5.90 Å². The normalized spacial score (nSPS) is 11.1. The van der Waals surface area contributed by atoms with Crippen molar-refractivity contribution in [3.8, 4) is 0 Å². The summed E-state index contributed by atoms with van der Waals surface area (Å²) in [4.78, 5) is 4.70. The predicted octanol–water partition coefficient (Wildman–Crippen LogP) is 2.81. The second-order valence-electron chi connectivity index (χ2n) is 3.36. The summed E-state index contributed by atoms with van der Waals surface area (Å²) in [6, 6.07) is 8.28. The van der Waals surface area contributed by atoms with Crippen LogP contribution in [0.4, 0.5) is 0 Å². The van der Waals surface area contributed by atoms with Gasteiger partial charge in [0.05, 0.1) is 0 Å². The number of halogens is 1. The van der Waals surface area contributed by atoms with Crippen molar-refractivity contribution in [1.82, 2.24) is 4.57 Å². The van der Waals surface area contributed by atoms with E-state index in [0.29, 0.717) is 6.61 Å². The molecule has 0 atom stereocenters. The minimum absolute atomic E-state index is 0.439. The van der Waals surface area contributed by atoms with Crippen LogP contribution >= 0.6 is 15.9 Å². The molecule has 0 bridgehead atoms. The summed E-state index contributed by atoms with van der Waals surface area (Å²) in [5.74, 6) is 5.12. The van der Waals surface area contributed by atoms with Gasteiger partial charge >= 0.3 is 0 Å². The Bertz CT molecular complexity index is 479. The zero-order valence-electron chi connectivity index (χ0n) is 8.53. The van der Waals surface area contributed by atoms with E-state index in [0.717, 1.165) is 16.7 Å². The van der Waals surface area contributed by atoms with Gasteiger partial charge in [0.15, 0.2) is 0 Å². The summed E-state index contributed by atoms with van der Waals surface area (Å²) in [6.45, 7) is 3.47. The Morgan fingerprint density at radius 1 is 1.47 bits per heavy atom. The van der Waals surface area contributed by atoms with E-state index in [1.165, 1.54) is 10.9 Å². The van der Waals surface area contributed by atoms with E-state index in [-0.39, 0.29) is 0 Å². The molecule has 2 rings (SSSR count). The standard InChI is InChI=1S/C11H13BrN2O/c1-2-14-8(7-15-13)6-9-10(12)4-3-5-11(9)14/h3-6H,2,7,13H2,1H3. The van der Waals surface area contributed by atoms with Gasteiger partial charge in [-0.15, -0.1) is 0 Å². The fraction of sp³-hybridized carbons (Fsp3) is 0.273. The molecule has 0 saturated heterocycles. The van der Waals surface area contributed by atoms with Crippen LogP contribution in [0.1, 0.15) is 12.6 Å². The van der Waals surface area contributed by atoms with Crippen LogP contribution in [-0.2, 0) is 18.0 Å². The van der Waals surface area contributed by atoms with Crippen molar-refractivity contribution in [2.45, 2.75) is 20.1 Å². The average Bonchev–Trinajstić information content (AvgIpc) is 2.58. The SMILES string of the molecule is CCn1c(CON)cc2c(Br)cccc21. The second-order valence-corrected chi connectivity index (χ2v) is 4.22. The van der Waals surface area contributed by atoms with Crippen LogP contribution in [0.25, 0.3) is 10.9 Å². The largest absolute Gasteiger partial charge is 0.343 e. The molecule has 0 aliphatic heterocycles. The first-order valence-electron chi connectivity index (χ1n) is 4.86. The number of hydrogen-bond acceptors (Lipinski definition) is 2. The Balaban J connectivity index is 2.67. The summed E-state index contributed by atoms with van der Waals surface area (Å²) in [5, 5.41) is 1.20. The number of aromatic nitrogens is 1. The fourth-order valence-corrected chi connectivity index (χ4v) is 2.35. The van der Waals surface area contributed by atoms with Crippen LogP contribution < -0.4 is 5.90 Å². The first kappa shape index (κ1) is 10.7. The third-order valence-electron chi connectivity index (χ3n) is 2.53. The van der Waals surface area contributed by atoms with Gasteiger partial charge in [0.2, 0.25) is 0 Å². The zero-order chi connectivity index (χ0) is 10.8. The summed E-state index contributed by atoms with van der Waals surface area (Å²) >= 11 is 3.54. The van der Waals surface area contributed by atoms with E-state index in [1.54, 1.807) is 0 Å². The highest BCUT2D eigenvalue weighted by Crippen LogP contribution is 2.27. The summed E-state index contributed by atoms with van der Waals surface area (Å²) < 4.78 is 3.30. The molecule has 15 heavy (non-hydrogen) atoms. The number of nitrogens with two attached hydrogens (primary N) is 1. The molecule has 80 valence electrons. The molecular formula is C11H13BrN2O. The third kappa shape index (κ3) is 1.80. The van der Waals surface area contributed by atoms with E-state index in [9.17, 15) is 0 Å². The van der Waals surface area contributed by atoms with Gasteiger partial charge in [-0.05, 0) is 25.1 Å². The quantitative estimate of drug-likeness (QED) is 0.870. The molecule has 4 heteroatoms. The average molecular weight is 269 g/mol. The third-order valence-corrected chi connectivity index (χ3v) is 3.22. The van der Waals surface area contributed by atoms with Gasteiger partial charge in [0.1, 0.15) is 6.61 Å². The van der Waals surface area contributed by atoms with Gasteiger partial charge in [-0.2, -0.15) is 0 Å². The lowest BCUT2D eigenvalue weighted by molar-refractivity contribution is 0.119. The first-order valence-corrected chi connectivity index (χ1v) is 5.65. The highest BCUT2D eigenvalue weighted by molar-refractivity contribution is 9.10. The summed E-state index contributed by atoms with van der Waals surface area (Å²) in [5.41, 5.74) is 2.31. The van der Waals surface area contributed by atoms with Crippen molar-refractivity contribution in [2.75, 3.05) is 0 Å². The lowest BCUT2D eigenvalue weighted by Gasteiger charge is -2.06. The van der Waals surface area contributed by atoms with Crippen molar-refractivity contribution in [3.05, 3.63) is 34.4 Å². The molecule has 0 radical (unpaired) electrons. The van der Waals surface area contributed by atoms with Gasteiger partial charge < -0.3 is 4.57 Å².